The fraction of sp³-hybridized carbons (Fsp3) is 0.167. The quantitative estimate of drug-likeness (QED) is 0.351. The summed E-state index contributed by atoms with van der Waals surface area (Å²) in [6, 6.07) is 9.90. The van der Waals surface area contributed by atoms with Gasteiger partial charge in [0, 0.05) is 31.4 Å². The van der Waals surface area contributed by atoms with Crippen LogP contribution in [0.5, 0.6) is 5.75 Å². The average molecular weight is 525 g/mol. The van der Waals surface area contributed by atoms with Crippen LogP contribution in [0.25, 0.3) is 5.65 Å². The fourth-order valence-electron chi connectivity index (χ4n) is 3.67. The van der Waals surface area contributed by atoms with Gasteiger partial charge in [-0.15, -0.1) is 0 Å². The molecule has 14 heteroatoms. The summed E-state index contributed by atoms with van der Waals surface area (Å²) in [4.78, 5) is 44.9. The third-order valence-corrected chi connectivity index (χ3v) is 5.52. The number of rotatable bonds is 6. The molecular weight excluding hydrogens is 507 g/mol. The number of hydrogen-bond donors (Lipinski definition) is 3. The first kappa shape index (κ1) is 24.7. The van der Waals surface area contributed by atoms with E-state index in [4.69, 9.17) is 4.74 Å². The summed E-state index contributed by atoms with van der Waals surface area (Å²) in [7, 11) is 0. The zero-order valence-electron chi connectivity index (χ0n) is 19.4. The van der Waals surface area contributed by atoms with Gasteiger partial charge in [-0.05, 0) is 29.3 Å². The van der Waals surface area contributed by atoms with Crippen molar-refractivity contribution in [3.8, 4) is 5.75 Å². The van der Waals surface area contributed by atoms with Gasteiger partial charge in [-0.3, -0.25) is 19.4 Å². The second-order valence-corrected chi connectivity index (χ2v) is 8.21. The van der Waals surface area contributed by atoms with Gasteiger partial charge in [0.15, 0.2) is 12.3 Å². The Kier molecular flexibility index (Phi) is 6.36. The summed E-state index contributed by atoms with van der Waals surface area (Å²) in [6.45, 7) is -0.0608. The highest BCUT2D eigenvalue weighted by Gasteiger charge is 2.32. The van der Waals surface area contributed by atoms with Crippen LogP contribution >= 0.6 is 0 Å². The Morgan fingerprint density at radius 1 is 1.03 bits per heavy atom. The second kappa shape index (κ2) is 9.80. The maximum absolute atomic E-state index is 12.9. The average Bonchev–Trinajstić information content (AvgIpc) is 3.38. The number of nitrogens with zero attached hydrogens (tertiary/aromatic N) is 4. The van der Waals surface area contributed by atoms with Crippen molar-refractivity contribution in [1.82, 2.24) is 30.2 Å². The number of ether oxygens (including phenoxy) is 1. The maximum Gasteiger partial charge on any atom is 0.433 e. The van der Waals surface area contributed by atoms with E-state index >= 15 is 0 Å². The largest absolute Gasteiger partial charge is 0.482 e. The van der Waals surface area contributed by atoms with E-state index in [0.717, 1.165) is 12.3 Å². The van der Waals surface area contributed by atoms with Crippen molar-refractivity contribution in [1.29, 1.82) is 0 Å². The van der Waals surface area contributed by atoms with E-state index in [1.54, 1.807) is 18.2 Å². The minimum absolute atomic E-state index is 0.00124. The molecule has 0 saturated heterocycles. The molecule has 38 heavy (non-hydrogen) atoms. The van der Waals surface area contributed by atoms with Gasteiger partial charge in [0.25, 0.3) is 17.7 Å². The first-order valence-electron chi connectivity index (χ1n) is 11.2. The topological polar surface area (TPSA) is 140 Å². The Morgan fingerprint density at radius 3 is 2.55 bits per heavy atom. The predicted molar refractivity (Wildman–Crippen MR) is 125 cm³/mol. The predicted octanol–water partition coefficient (Wildman–Crippen LogP) is 2.33. The third kappa shape index (κ3) is 5.23. The molecule has 4 heterocycles. The summed E-state index contributed by atoms with van der Waals surface area (Å²) >= 11 is 0. The minimum atomic E-state index is -4.56. The number of benzene rings is 1. The number of alkyl halides is 3. The number of hydrogen-bond acceptors (Lipinski definition) is 7. The zero-order valence-corrected chi connectivity index (χ0v) is 19.4. The highest BCUT2D eigenvalue weighted by molar-refractivity contribution is 5.98. The lowest BCUT2D eigenvalue weighted by molar-refractivity contribution is -0.141. The van der Waals surface area contributed by atoms with Gasteiger partial charge >= 0.3 is 6.18 Å². The molecule has 0 fully saturated rings. The van der Waals surface area contributed by atoms with E-state index in [2.05, 4.69) is 31.0 Å². The lowest BCUT2D eigenvalue weighted by atomic mass is 10.1. The van der Waals surface area contributed by atoms with Gasteiger partial charge < -0.3 is 20.7 Å². The van der Waals surface area contributed by atoms with Crippen LogP contribution in [0.2, 0.25) is 0 Å². The molecule has 0 radical (unpaired) electrons. The summed E-state index contributed by atoms with van der Waals surface area (Å²) in [6.07, 6.45) is -2.13. The van der Waals surface area contributed by atoms with Gasteiger partial charge in [-0.25, -0.2) is 9.50 Å². The Balaban J connectivity index is 1.28. The second-order valence-electron chi connectivity index (χ2n) is 8.21. The first-order valence-corrected chi connectivity index (χ1v) is 11.2. The summed E-state index contributed by atoms with van der Waals surface area (Å²) in [5.74, 6) is -0.944. The van der Waals surface area contributed by atoms with Crippen LogP contribution in [0.3, 0.4) is 0 Å². The smallest absolute Gasteiger partial charge is 0.433 e. The molecule has 1 aromatic carbocycles. The van der Waals surface area contributed by atoms with Crippen LogP contribution in [0.1, 0.15) is 37.8 Å². The van der Waals surface area contributed by atoms with Gasteiger partial charge in [0.05, 0.1) is 11.9 Å². The highest BCUT2D eigenvalue weighted by atomic mass is 19.4. The maximum atomic E-state index is 12.9. The SMILES string of the molecule is O=C1COc2ccc(CNC(=O)c3cc(C(=O)NCc4ccc(C(F)(F)F)nc4)n4nccc4n3)cc2N1. The number of anilines is 1. The first-order chi connectivity index (χ1) is 18.2. The Hall–Kier alpha value is -5.01. The van der Waals surface area contributed by atoms with E-state index < -0.39 is 23.7 Å². The molecule has 194 valence electrons. The van der Waals surface area contributed by atoms with Crippen molar-refractivity contribution in [2.24, 2.45) is 0 Å². The molecular formula is C24H18F3N7O4. The number of aromatic nitrogens is 4. The molecule has 3 aromatic heterocycles. The number of amides is 3. The molecule has 0 unspecified atom stereocenters. The number of nitrogens with one attached hydrogen (secondary N) is 3. The zero-order chi connectivity index (χ0) is 26.9. The summed E-state index contributed by atoms with van der Waals surface area (Å²) < 4.78 is 44.7. The van der Waals surface area contributed by atoms with Gasteiger partial charge in [0.2, 0.25) is 0 Å². The molecule has 0 atom stereocenters. The fourth-order valence-corrected chi connectivity index (χ4v) is 3.67. The number of fused-ring (bicyclic) bond motifs is 2. The minimum Gasteiger partial charge on any atom is -0.482 e. The van der Waals surface area contributed by atoms with Crippen molar-refractivity contribution < 1.29 is 32.3 Å². The Bertz CT molecular complexity index is 1550. The van der Waals surface area contributed by atoms with E-state index in [-0.39, 0.29) is 42.6 Å². The van der Waals surface area contributed by atoms with Crippen molar-refractivity contribution in [2.45, 2.75) is 19.3 Å². The number of carbonyl (C=O) groups excluding carboxylic acids is 3. The van der Waals surface area contributed by atoms with E-state index in [1.165, 1.54) is 28.9 Å². The van der Waals surface area contributed by atoms with Crippen molar-refractivity contribution >= 4 is 29.1 Å². The van der Waals surface area contributed by atoms with Crippen molar-refractivity contribution in [3.05, 3.63) is 83.1 Å². The summed E-state index contributed by atoms with van der Waals surface area (Å²) in [5, 5.41) is 12.0. The van der Waals surface area contributed by atoms with Crippen LogP contribution in [-0.4, -0.2) is 43.9 Å². The normalized spacial score (nSPS) is 12.9. The molecule has 0 spiro atoms. The van der Waals surface area contributed by atoms with Crippen LogP contribution in [0, 0.1) is 0 Å². The molecule has 1 aliphatic rings. The third-order valence-electron chi connectivity index (χ3n) is 5.52. The molecule has 4 aromatic rings. The standard InChI is InChI=1S/C24H18F3N7O4/c25-24(26,27)19-4-2-14(10-28-19)11-30-23(37)17-8-16(32-20-5-6-31-34(17)20)22(36)29-9-13-1-3-18-15(7-13)33-21(35)12-38-18/h1-8,10H,9,11-12H2,(H,29,36)(H,30,37)(H,33,35). The number of halogens is 3. The Labute approximate surface area is 212 Å². The molecule has 1 aliphatic heterocycles. The molecule has 0 bridgehead atoms. The summed E-state index contributed by atoms with van der Waals surface area (Å²) in [5.41, 5.74) is 0.691. The number of pyridine rings is 1. The van der Waals surface area contributed by atoms with Crippen LogP contribution in [0.15, 0.2) is 54.9 Å². The van der Waals surface area contributed by atoms with E-state index in [9.17, 15) is 27.6 Å². The van der Waals surface area contributed by atoms with Crippen LogP contribution in [0.4, 0.5) is 18.9 Å². The molecule has 5 rings (SSSR count). The highest BCUT2D eigenvalue weighted by Crippen LogP contribution is 2.28. The van der Waals surface area contributed by atoms with E-state index in [1.807, 2.05) is 0 Å². The molecule has 0 saturated carbocycles. The van der Waals surface area contributed by atoms with Gasteiger partial charge in [-0.1, -0.05) is 12.1 Å². The molecule has 3 N–H and O–H groups in total. The lowest BCUT2D eigenvalue weighted by Gasteiger charge is -2.18. The van der Waals surface area contributed by atoms with Crippen LogP contribution in [-0.2, 0) is 24.1 Å². The monoisotopic (exact) mass is 525 g/mol. The molecule has 3 amide bonds. The van der Waals surface area contributed by atoms with Crippen molar-refractivity contribution in [2.75, 3.05) is 11.9 Å². The number of carbonyl (C=O) groups is 3. The van der Waals surface area contributed by atoms with Gasteiger partial charge in [0.1, 0.15) is 22.8 Å². The molecule has 11 nitrogen and oxygen atoms in total. The molecule has 0 aliphatic carbocycles. The van der Waals surface area contributed by atoms with Crippen molar-refractivity contribution in [3.63, 3.8) is 0 Å². The van der Waals surface area contributed by atoms with Gasteiger partial charge in [-0.2, -0.15) is 18.3 Å². The van der Waals surface area contributed by atoms with E-state index in [0.29, 0.717) is 22.6 Å². The Morgan fingerprint density at radius 2 is 1.79 bits per heavy atom. The lowest BCUT2D eigenvalue weighted by Crippen LogP contribution is -2.29. The van der Waals surface area contributed by atoms with Crippen LogP contribution < -0.4 is 20.7 Å².